The van der Waals surface area contributed by atoms with Crippen LogP contribution in [-0.2, 0) is 33.7 Å². The fourth-order valence-electron chi connectivity index (χ4n) is 3.64. The summed E-state index contributed by atoms with van der Waals surface area (Å²) in [6.45, 7) is 4.46. The van der Waals surface area contributed by atoms with Gasteiger partial charge in [-0.25, -0.2) is 29.0 Å². The van der Waals surface area contributed by atoms with Crippen molar-refractivity contribution in [3.8, 4) is 0 Å². The molecule has 35 heavy (non-hydrogen) atoms. The normalized spacial score (nSPS) is 12.2. The molecule has 0 aromatic heterocycles. The highest BCUT2D eigenvalue weighted by atomic mass is 17.2. The second-order valence-corrected chi connectivity index (χ2v) is 9.14. The van der Waals surface area contributed by atoms with Crippen LogP contribution in [0.1, 0.15) is 142 Å². The number of rotatable bonds is 20. The van der Waals surface area contributed by atoms with Crippen LogP contribution in [-0.4, -0.2) is 23.9 Å². The Bertz CT molecular complexity index is 548. The van der Waals surface area contributed by atoms with Gasteiger partial charge >= 0.3 is 23.9 Å². The van der Waals surface area contributed by atoms with E-state index in [2.05, 4.69) is 28.4 Å². The first-order valence-corrected chi connectivity index (χ1v) is 13.8. The minimum absolute atomic E-state index is 0.334. The summed E-state index contributed by atoms with van der Waals surface area (Å²) in [5, 5.41) is 0. The van der Waals surface area contributed by atoms with Gasteiger partial charge in [0.15, 0.2) is 0 Å². The standard InChI is InChI=1S/C24H46O4.C4H2O3/c1-3-5-7-9-11-13-15-17-19-21-23(25)27-28-24(26)22-20-18-16-14-12-10-8-6-4-2;5-3-1-2-4(6)7-3/h3-22H2,1-2H3;1-2H. The van der Waals surface area contributed by atoms with Crippen LogP contribution < -0.4 is 0 Å². The predicted molar refractivity (Wildman–Crippen MR) is 136 cm³/mol. The molecule has 0 saturated carbocycles. The van der Waals surface area contributed by atoms with Crippen molar-refractivity contribution in [1.29, 1.82) is 0 Å². The number of carbonyl (C=O) groups is 4. The number of ether oxygens (including phenoxy) is 1. The van der Waals surface area contributed by atoms with E-state index in [0.717, 1.165) is 50.7 Å². The van der Waals surface area contributed by atoms with E-state index >= 15 is 0 Å². The van der Waals surface area contributed by atoms with E-state index in [1.54, 1.807) is 0 Å². The Hall–Kier alpha value is -2.18. The van der Waals surface area contributed by atoms with Gasteiger partial charge in [0.05, 0.1) is 12.8 Å². The maximum absolute atomic E-state index is 11.6. The number of unbranched alkanes of at least 4 members (excludes halogenated alkanes) is 16. The van der Waals surface area contributed by atoms with Gasteiger partial charge in [-0.1, -0.05) is 117 Å². The largest absolute Gasteiger partial charge is 0.387 e. The molecule has 1 aliphatic heterocycles. The van der Waals surface area contributed by atoms with Gasteiger partial charge in [-0.2, -0.15) is 0 Å². The Balaban J connectivity index is 0.00000140. The molecule has 0 radical (unpaired) electrons. The monoisotopic (exact) mass is 496 g/mol. The van der Waals surface area contributed by atoms with Crippen LogP contribution in [0, 0.1) is 0 Å². The zero-order chi connectivity index (χ0) is 26.0. The molecule has 0 aromatic carbocycles. The van der Waals surface area contributed by atoms with Crippen LogP contribution in [0.25, 0.3) is 0 Å². The van der Waals surface area contributed by atoms with Crippen LogP contribution >= 0.6 is 0 Å². The summed E-state index contributed by atoms with van der Waals surface area (Å²) in [5.41, 5.74) is 0. The second-order valence-electron chi connectivity index (χ2n) is 9.14. The summed E-state index contributed by atoms with van der Waals surface area (Å²) in [6, 6.07) is 0. The quantitative estimate of drug-likeness (QED) is 0.0567. The third-order valence-electron chi connectivity index (χ3n) is 5.75. The summed E-state index contributed by atoms with van der Waals surface area (Å²) in [7, 11) is 0. The van der Waals surface area contributed by atoms with Crippen LogP contribution in [0.3, 0.4) is 0 Å². The van der Waals surface area contributed by atoms with Crippen molar-refractivity contribution >= 4 is 23.9 Å². The van der Waals surface area contributed by atoms with Crippen molar-refractivity contribution in [1.82, 2.24) is 0 Å². The molecule has 202 valence electrons. The highest BCUT2D eigenvalue weighted by molar-refractivity contribution is 6.04. The van der Waals surface area contributed by atoms with Crippen molar-refractivity contribution in [2.24, 2.45) is 0 Å². The van der Waals surface area contributed by atoms with Crippen molar-refractivity contribution in [2.45, 2.75) is 142 Å². The first kappa shape index (κ1) is 32.8. The molecule has 0 atom stereocenters. The number of cyclic esters (lactones) is 2. The minimum atomic E-state index is -0.579. The van der Waals surface area contributed by atoms with Gasteiger partial charge < -0.3 is 4.74 Å². The number of hydrogen-bond donors (Lipinski definition) is 0. The third kappa shape index (κ3) is 24.7. The Kier molecular flexibility index (Phi) is 23.4. The van der Waals surface area contributed by atoms with Crippen LogP contribution in [0.15, 0.2) is 12.2 Å². The SMILES string of the molecule is CCCCCCCCCCCC(=O)OOC(=O)CCCCCCCCCCC.O=C1C=CC(=O)O1. The molecule has 0 N–H and O–H groups in total. The summed E-state index contributed by atoms with van der Waals surface area (Å²) >= 11 is 0. The summed E-state index contributed by atoms with van der Waals surface area (Å²) in [4.78, 5) is 52.2. The van der Waals surface area contributed by atoms with Crippen molar-refractivity contribution in [3.05, 3.63) is 12.2 Å². The molecule has 0 bridgehead atoms. The molecule has 0 saturated heterocycles. The topological polar surface area (TPSA) is 96.0 Å². The highest BCUT2D eigenvalue weighted by Gasteiger charge is 2.10. The molecule has 1 aliphatic rings. The van der Waals surface area contributed by atoms with E-state index in [1.807, 2.05) is 0 Å². The lowest BCUT2D eigenvalue weighted by Crippen LogP contribution is -2.11. The first-order valence-electron chi connectivity index (χ1n) is 13.8. The summed E-state index contributed by atoms with van der Waals surface area (Å²) < 4.78 is 3.97. The molecular weight excluding hydrogens is 448 g/mol. The zero-order valence-corrected chi connectivity index (χ0v) is 22.2. The van der Waals surface area contributed by atoms with E-state index in [9.17, 15) is 19.2 Å². The van der Waals surface area contributed by atoms with E-state index < -0.39 is 23.9 Å². The van der Waals surface area contributed by atoms with Crippen molar-refractivity contribution in [3.63, 3.8) is 0 Å². The minimum Gasteiger partial charge on any atom is -0.387 e. The van der Waals surface area contributed by atoms with Crippen LogP contribution in [0.2, 0.25) is 0 Å². The average molecular weight is 497 g/mol. The van der Waals surface area contributed by atoms with Gasteiger partial charge in [0.1, 0.15) is 0 Å². The lowest BCUT2D eigenvalue weighted by molar-refractivity contribution is -0.259. The zero-order valence-electron chi connectivity index (χ0n) is 22.2. The maximum Gasteiger partial charge on any atom is 0.355 e. The molecule has 0 amide bonds. The van der Waals surface area contributed by atoms with Gasteiger partial charge in [0.2, 0.25) is 0 Å². The Morgan fingerprint density at radius 3 is 1.09 bits per heavy atom. The lowest BCUT2D eigenvalue weighted by atomic mass is 10.1. The van der Waals surface area contributed by atoms with Crippen LogP contribution in [0.5, 0.6) is 0 Å². The van der Waals surface area contributed by atoms with Gasteiger partial charge in [-0.3, -0.25) is 0 Å². The Labute approximate surface area is 212 Å². The molecule has 0 aromatic rings. The summed E-state index contributed by atoms with van der Waals surface area (Å²) in [5.74, 6) is -2.01. The molecular formula is C28H48O7. The van der Waals surface area contributed by atoms with Gasteiger partial charge in [-0.05, 0) is 12.8 Å². The van der Waals surface area contributed by atoms with E-state index in [1.165, 1.54) is 77.0 Å². The summed E-state index contributed by atoms with van der Waals surface area (Å²) in [6.07, 6.45) is 24.5. The van der Waals surface area contributed by atoms with E-state index in [-0.39, 0.29) is 0 Å². The fraction of sp³-hybridized carbons (Fsp3) is 0.786. The number of carbonyl (C=O) groups excluding carboxylic acids is 4. The molecule has 7 heteroatoms. The van der Waals surface area contributed by atoms with Gasteiger partial charge in [0.25, 0.3) is 0 Å². The lowest BCUT2D eigenvalue weighted by Gasteiger charge is -2.04. The molecule has 7 nitrogen and oxygen atoms in total. The number of hydrogen-bond acceptors (Lipinski definition) is 7. The maximum atomic E-state index is 11.6. The van der Waals surface area contributed by atoms with Crippen LogP contribution in [0.4, 0.5) is 0 Å². The molecule has 1 rings (SSSR count). The molecule has 1 heterocycles. The van der Waals surface area contributed by atoms with Crippen molar-refractivity contribution in [2.75, 3.05) is 0 Å². The highest BCUT2D eigenvalue weighted by Crippen LogP contribution is 2.12. The van der Waals surface area contributed by atoms with Gasteiger partial charge in [0, 0.05) is 12.2 Å². The Morgan fingerprint density at radius 1 is 0.543 bits per heavy atom. The Morgan fingerprint density at radius 2 is 0.829 bits per heavy atom. The third-order valence-corrected chi connectivity index (χ3v) is 5.75. The fourth-order valence-corrected chi connectivity index (χ4v) is 3.64. The van der Waals surface area contributed by atoms with E-state index in [4.69, 9.17) is 0 Å². The molecule has 0 aliphatic carbocycles. The van der Waals surface area contributed by atoms with Gasteiger partial charge in [-0.15, -0.1) is 0 Å². The number of esters is 2. The molecule has 0 unspecified atom stereocenters. The molecule has 0 fully saturated rings. The smallest absolute Gasteiger partial charge is 0.355 e. The average Bonchev–Trinajstić information content (AvgIpc) is 3.23. The predicted octanol–water partition coefficient (Wildman–Crippen LogP) is 7.46. The molecule has 0 spiro atoms. The van der Waals surface area contributed by atoms with Crippen molar-refractivity contribution < 1.29 is 33.7 Å². The van der Waals surface area contributed by atoms with E-state index in [0.29, 0.717) is 12.8 Å². The second kappa shape index (κ2) is 24.9. The first-order chi connectivity index (χ1) is 17.0.